The first-order valence-electron chi connectivity index (χ1n) is 22.5. The lowest BCUT2D eigenvalue weighted by atomic mass is 10.0. The summed E-state index contributed by atoms with van der Waals surface area (Å²) in [6.45, 7) is 6.59. The third-order valence-electron chi connectivity index (χ3n) is 10.1. The third kappa shape index (κ3) is 39.5. The molecule has 0 fully saturated rings. The van der Waals surface area contributed by atoms with Gasteiger partial charge in [0.15, 0.2) is 6.10 Å². The monoisotopic (exact) mass is 723 g/mol. The first-order valence-corrected chi connectivity index (χ1v) is 22.5. The van der Waals surface area contributed by atoms with Crippen molar-refractivity contribution in [2.45, 2.75) is 258 Å². The fourth-order valence-corrected chi connectivity index (χ4v) is 6.68. The van der Waals surface area contributed by atoms with Gasteiger partial charge in [0.25, 0.3) is 0 Å². The normalized spacial score (nSPS) is 11.8. The predicted octanol–water partition coefficient (Wildman–Crippen LogP) is 14.1. The van der Waals surface area contributed by atoms with Gasteiger partial charge in [0.1, 0.15) is 13.2 Å². The maximum absolute atomic E-state index is 12.6. The van der Waals surface area contributed by atoms with E-state index >= 15 is 0 Å². The number of ether oxygens (including phenoxy) is 3. The summed E-state index contributed by atoms with van der Waals surface area (Å²) in [5.74, 6) is -0.862. The second-order valence-electron chi connectivity index (χ2n) is 15.3. The molecule has 0 spiro atoms. The van der Waals surface area contributed by atoms with Crippen molar-refractivity contribution in [2.75, 3.05) is 13.2 Å². The highest BCUT2D eigenvalue weighted by atomic mass is 16.6. The number of unbranched alkanes of at least 4 members (excludes halogenated alkanes) is 30. The van der Waals surface area contributed by atoms with Gasteiger partial charge in [-0.2, -0.15) is 0 Å². The molecule has 302 valence electrons. The molecule has 0 unspecified atom stereocenters. The van der Waals surface area contributed by atoms with Gasteiger partial charge >= 0.3 is 17.9 Å². The Hall–Kier alpha value is -1.59. The van der Waals surface area contributed by atoms with E-state index in [1.807, 2.05) is 0 Å². The second-order valence-corrected chi connectivity index (χ2v) is 15.3. The summed E-state index contributed by atoms with van der Waals surface area (Å²) in [5.41, 5.74) is 0. The molecule has 0 aromatic rings. The van der Waals surface area contributed by atoms with Crippen LogP contribution in [0, 0.1) is 0 Å². The average Bonchev–Trinajstić information content (AvgIpc) is 3.12. The van der Waals surface area contributed by atoms with Gasteiger partial charge in [-0.1, -0.05) is 213 Å². The molecule has 6 heteroatoms. The summed E-state index contributed by atoms with van der Waals surface area (Å²) >= 11 is 0. The molecule has 0 N–H and O–H groups in total. The minimum absolute atomic E-state index is 0.0636. The van der Waals surface area contributed by atoms with Crippen LogP contribution in [0.5, 0.6) is 0 Å². The number of hydrogen-bond donors (Lipinski definition) is 0. The maximum atomic E-state index is 12.6. The van der Waals surface area contributed by atoms with Crippen LogP contribution >= 0.6 is 0 Å². The minimum Gasteiger partial charge on any atom is -0.462 e. The van der Waals surface area contributed by atoms with Crippen molar-refractivity contribution in [3.05, 3.63) is 0 Å². The van der Waals surface area contributed by atoms with Crippen LogP contribution < -0.4 is 0 Å². The smallest absolute Gasteiger partial charge is 0.306 e. The van der Waals surface area contributed by atoms with Gasteiger partial charge < -0.3 is 14.2 Å². The Morgan fingerprint density at radius 3 is 0.784 bits per heavy atom. The summed E-state index contributed by atoms with van der Waals surface area (Å²) in [7, 11) is 0. The topological polar surface area (TPSA) is 78.9 Å². The van der Waals surface area contributed by atoms with Crippen molar-refractivity contribution in [1.29, 1.82) is 0 Å². The van der Waals surface area contributed by atoms with Crippen LogP contribution in [0.15, 0.2) is 0 Å². The van der Waals surface area contributed by atoms with Crippen LogP contribution in [0.2, 0.25) is 0 Å². The Morgan fingerprint density at radius 2 is 0.529 bits per heavy atom. The number of esters is 3. The number of rotatable bonds is 41. The van der Waals surface area contributed by atoms with Crippen LogP contribution in [0.1, 0.15) is 252 Å². The van der Waals surface area contributed by atoms with E-state index in [0.29, 0.717) is 19.3 Å². The lowest BCUT2D eigenvalue weighted by Gasteiger charge is -2.18. The zero-order chi connectivity index (χ0) is 37.3. The van der Waals surface area contributed by atoms with Gasteiger partial charge in [-0.3, -0.25) is 14.4 Å². The Bertz CT molecular complexity index is 753. The largest absolute Gasteiger partial charge is 0.462 e. The van der Waals surface area contributed by atoms with Crippen molar-refractivity contribution >= 4 is 17.9 Å². The fourth-order valence-electron chi connectivity index (χ4n) is 6.68. The van der Waals surface area contributed by atoms with Crippen molar-refractivity contribution in [1.82, 2.24) is 0 Å². The fraction of sp³-hybridized carbons (Fsp3) is 0.933. The molecule has 0 heterocycles. The van der Waals surface area contributed by atoms with Crippen LogP contribution in [0.3, 0.4) is 0 Å². The van der Waals surface area contributed by atoms with Gasteiger partial charge in [0.05, 0.1) is 0 Å². The zero-order valence-corrected chi connectivity index (χ0v) is 34.4. The van der Waals surface area contributed by atoms with E-state index in [4.69, 9.17) is 14.2 Å². The number of carbonyl (C=O) groups excluding carboxylic acids is 3. The molecular weight excluding hydrogens is 636 g/mol. The van der Waals surface area contributed by atoms with Crippen LogP contribution in [0.4, 0.5) is 0 Å². The predicted molar refractivity (Wildman–Crippen MR) is 215 cm³/mol. The molecule has 0 radical (unpaired) electrons. The summed E-state index contributed by atoms with van der Waals surface area (Å²) in [6.07, 6.45) is 41.0. The molecule has 0 saturated heterocycles. The summed E-state index contributed by atoms with van der Waals surface area (Å²) in [6, 6.07) is 0. The molecular formula is C45H86O6. The SMILES string of the molecule is CCCCCCCCCCCCCCCCCCCC(=O)OC[C@H](COC(=O)CCCCCCCCCCC)OC(=O)CCCCCCCCC. The molecule has 0 bridgehead atoms. The van der Waals surface area contributed by atoms with Gasteiger partial charge in [0.2, 0.25) is 0 Å². The van der Waals surface area contributed by atoms with Gasteiger partial charge in [-0.25, -0.2) is 0 Å². The van der Waals surface area contributed by atoms with E-state index in [-0.39, 0.29) is 31.1 Å². The van der Waals surface area contributed by atoms with E-state index in [2.05, 4.69) is 20.8 Å². The Balaban J connectivity index is 4.16. The van der Waals surface area contributed by atoms with Crippen molar-refractivity contribution in [3.63, 3.8) is 0 Å². The lowest BCUT2D eigenvalue weighted by molar-refractivity contribution is -0.167. The molecule has 0 amide bonds. The van der Waals surface area contributed by atoms with Gasteiger partial charge in [0, 0.05) is 19.3 Å². The van der Waals surface area contributed by atoms with Crippen molar-refractivity contribution in [3.8, 4) is 0 Å². The molecule has 1 atom stereocenters. The Morgan fingerprint density at radius 1 is 0.314 bits per heavy atom. The molecule has 0 saturated carbocycles. The first kappa shape index (κ1) is 49.4. The van der Waals surface area contributed by atoms with Crippen molar-refractivity contribution in [2.24, 2.45) is 0 Å². The summed E-state index contributed by atoms with van der Waals surface area (Å²) < 4.78 is 16.6. The maximum Gasteiger partial charge on any atom is 0.306 e. The molecule has 0 aromatic carbocycles. The second kappa shape index (κ2) is 41.2. The van der Waals surface area contributed by atoms with Gasteiger partial charge in [-0.05, 0) is 19.3 Å². The highest BCUT2D eigenvalue weighted by molar-refractivity contribution is 5.71. The summed E-state index contributed by atoms with van der Waals surface area (Å²) in [5, 5.41) is 0. The van der Waals surface area contributed by atoms with Crippen LogP contribution in [-0.4, -0.2) is 37.2 Å². The van der Waals surface area contributed by atoms with E-state index in [9.17, 15) is 14.4 Å². The molecule has 0 aliphatic heterocycles. The Labute approximate surface area is 317 Å². The molecule has 51 heavy (non-hydrogen) atoms. The van der Waals surface area contributed by atoms with E-state index in [1.165, 1.54) is 154 Å². The lowest BCUT2D eigenvalue weighted by Crippen LogP contribution is -2.30. The first-order chi connectivity index (χ1) is 25.0. The number of hydrogen-bond acceptors (Lipinski definition) is 6. The molecule has 6 nitrogen and oxygen atoms in total. The van der Waals surface area contributed by atoms with Crippen LogP contribution in [0.25, 0.3) is 0 Å². The van der Waals surface area contributed by atoms with Crippen molar-refractivity contribution < 1.29 is 28.6 Å². The minimum atomic E-state index is -0.756. The molecule has 0 aliphatic rings. The van der Waals surface area contributed by atoms with E-state index < -0.39 is 6.10 Å². The molecule has 0 aliphatic carbocycles. The van der Waals surface area contributed by atoms with E-state index in [1.54, 1.807) is 0 Å². The average molecular weight is 723 g/mol. The quantitative estimate of drug-likeness (QED) is 0.0355. The number of carbonyl (C=O) groups is 3. The van der Waals surface area contributed by atoms with Crippen LogP contribution in [-0.2, 0) is 28.6 Å². The molecule has 0 aromatic heterocycles. The zero-order valence-electron chi connectivity index (χ0n) is 34.4. The highest BCUT2D eigenvalue weighted by Crippen LogP contribution is 2.16. The van der Waals surface area contributed by atoms with E-state index in [0.717, 1.165) is 57.8 Å². The molecule has 0 rings (SSSR count). The third-order valence-corrected chi connectivity index (χ3v) is 10.1. The summed E-state index contributed by atoms with van der Waals surface area (Å²) in [4.78, 5) is 37.5. The van der Waals surface area contributed by atoms with Gasteiger partial charge in [-0.15, -0.1) is 0 Å². The highest BCUT2D eigenvalue weighted by Gasteiger charge is 2.19. The standard InChI is InChI=1S/C45H86O6/c1-4-7-10-13-16-18-19-20-21-22-23-24-25-27-30-32-35-38-44(47)50-41-42(51-45(48)39-36-33-28-15-12-9-6-3)40-49-43(46)37-34-31-29-26-17-14-11-8-5-2/h42H,4-41H2,1-3H3/t42-/m0/s1. The Kier molecular flexibility index (Phi) is 39.9.